The van der Waals surface area contributed by atoms with Crippen LogP contribution in [0, 0.1) is 0 Å². The maximum absolute atomic E-state index is 11.2. The van der Waals surface area contributed by atoms with Crippen molar-refractivity contribution in [3.63, 3.8) is 0 Å². The molecule has 112 valence electrons. The third-order valence-corrected chi connectivity index (χ3v) is 2.89. The SMILES string of the molecule is CCCCN(CC(N)=O)c1cc(NCC)nc(CC)n1. The molecular weight excluding hydrogens is 254 g/mol. The van der Waals surface area contributed by atoms with Crippen LogP contribution in [0.1, 0.15) is 39.4 Å². The lowest BCUT2D eigenvalue weighted by Gasteiger charge is -2.23. The first-order valence-corrected chi connectivity index (χ1v) is 7.25. The van der Waals surface area contributed by atoms with Crippen molar-refractivity contribution < 1.29 is 4.79 Å². The molecule has 0 fully saturated rings. The van der Waals surface area contributed by atoms with Gasteiger partial charge in [0.15, 0.2) is 0 Å². The molecule has 0 aliphatic heterocycles. The van der Waals surface area contributed by atoms with Crippen molar-refractivity contribution in [1.29, 1.82) is 0 Å². The van der Waals surface area contributed by atoms with E-state index in [9.17, 15) is 4.79 Å². The van der Waals surface area contributed by atoms with E-state index in [1.54, 1.807) is 0 Å². The molecule has 0 atom stereocenters. The molecule has 20 heavy (non-hydrogen) atoms. The van der Waals surface area contributed by atoms with E-state index in [0.717, 1.165) is 49.8 Å². The highest BCUT2D eigenvalue weighted by Gasteiger charge is 2.13. The molecule has 1 amide bonds. The summed E-state index contributed by atoms with van der Waals surface area (Å²) in [6.07, 6.45) is 2.81. The molecule has 6 heteroatoms. The first kappa shape index (κ1) is 16.2. The van der Waals surface area contributed by atoms with E-state index in [1.807, 2.05) is 24.8 Å². The lowest BCUT2D eigenvalue weighted by molar-refractivity contribution is -0.116. The summed E-state index contributed by atoms with van der Waals surface area (Å²) < 4.78 is 0. The Labute approximate surface area is 120 Å². The molecule has 0 aliphatic rings. The van der Waals surface area contributed by atoms with E-state index in [-0.39, 0.29) is 12.5 Å². The third-order valence-electron chi connectivity index (χ3n) is 2.89. The number of nitrogens with zero attached hydrogens (tertiary/aromatic N) is 3. The van der Waals surface area contributed by atoms with Crippen LogP contribution in [-0.2, 0) is 11.2 Å². The highest BCUT2D eigenvalue weighted by molar-refractivity contribution is 5.79. The number of amides is 1. The molecule has 1 heterocycles. The van der Waals surface area contributed by atoms with Gasteiger partial charge < -0.3 is 16.0 Å². The average molecular weight is 279 g/mol. The highest BCUT2D eigenvalue weighted by atomic mass is 16.1. The summed E-state index contributed by atoms with van der Waals surface area (Å²) in [6.45, 7) is 7.90. The fourth-order valence-electron chi connectivity index (χ4n) is 1.89. The zero-order valence-corrected chi connectivity index (χ0v) is 12.6. The number of aryl methyl sites for hydroxylation is 1. The lowest BCUT2D eigenvalue weighted by atomic mass is 10.3. The lowest BCUT2D eigenvalue weighted by Crippen LogP contribution is -2.35. The molecule has 0 saturated carbocycles. The zero-order chi connectivity index (χ0) is 15.0. The third kappa shape index (κ3) is 5.03. The van der Waals surface area contributed by atoms with Gasteiger partial charge in [-0.3, -0.25) is 4.79 Å². The van der Waals surface area contributed by atoms with Crippen LogP contribution in [-0.4, -0.2) is 35.5 Å². The second-order valence-corrected chi connectivity index (χ2v) is 4.65. The average Bonchev–Trinajstić information content (AvgIpc) is 2.43. The molecule has 0 radical (unpaired) electrons. The molecule has 0 aromatic carbocycles. The van der Waals surface area contributed by atoms with Gasteiger partial charge in [0.1, 0.15) is 17.5 Å². The topological polar surface area (TPSA) is 84.1 Å². The Bertz CT molecular complexity index is 436. The number of unbranched alkanes of at least 4 members (excludes halogenated alkanes) is 1. The summed E-state index contributed by atoms with van der Waals surface area (Å²) in [5, 5.41) is 3.19. The molecule has 0 saturated heterocycles. The van der Waals surface area contributed by atoms with Gasteiger partial charge in [0, 0.05) is 25.6 Å². The predicted octanol–water partition coefficient (Wildman–Crippen LogP) is 1.56. The van der Waals surface area contributed by atoms with Crippen molar-refractivity contribution in [2.45, 2.75) is 40.0 Å². The molecule has 3 N–H and O–H groups in total. The van der Waals surface area contributed by atoms with Gasteiger partial charge in [-0.25, -0.2) is 9.97 Å². The normalized spacial score (nSPS) is 10.3. The van der Waals surface area contributed by atoms with Crippen molar-refractivity contribution in [2.24, 2.45) is 5.73 Å². The van der Waals surface area contributed by atoms with Crippen LogP contribution in [0.2, 0.25) is 0 Å². The summed E-state index contributed by atoms with van der Waals surface area (Å²) in [5.74, 6) is 1.98. The van der Waals surface area contributed by atoms with Crippen molar-refractivity contribution in [1.82, 2.24) is 9.97 Å². The Morgan fingerprint density at radius 2 is 2.10 bits per heavy atom. The Morgan fingerprint density at radius 3 is 2.65 bits per heavy atom. The van der Waals surface area contributed by atoms with Crippen molar-refractivity contribution in [2.75, 3.05) is 29.9 Å². The number of primary amides is 1. The van der Waals surface area contributed by atoms with E-state index in [1.165, 1.54) is 0 Å². The van der Waals surface area contributed by atoms with Crippen LogP contribution in [0.3, 0.4) is 0 Å². The minimum absolute atomic E-state index is 0.186. The molecular formula is C14H25N5O. The maximum Gasteiger partial charge on any atom is 0.236 e. The Kier molecular flexibility index (Phi) is 6.76. The van der Waals surface area contributed by atoms with E-state index in [4.69, 9.17) is 5.73 Å². The molecule has 6 nitrogen and oxygen atoms in total. The Morgan fingerprint density at radius 1 is 1.35 bits per heavy atom. The molecule has 0 bridgehead atoms. The van der Waals surface area contributed by atoms with E-state index >= 15 is 0 Å². The number of carbonyl (C=O) groups excluding carboxylic acids is 1. The highest BCUT2D eigenvalue weighted by Crippen LogP contribution is 2.17. The number of carbonyl (C=O) groups is 1. The van der Waals surface area contributed by atoms with Gasteiger partial charge in [-0.2, -0.15) is 0 Å². The molecule has 0 aliphatic carbocycles. The first-order chi connectivity index (χ1) is 9.60. The van der Waals surface area contributed by atoms with Crippen molar-refractivity contribution in [3.05, 3.63) is 11.9 Å². The first-order valence-electron chi connectivity index (χ1n) is 7.25. The van der Waals surface area contributed by atoms with Crippen LogP contribution in [0.5, 0.6) is 0 Å². The van der Waals surface area contributed by atoms with Crippen LogP contribution in [0.4, 0.5) is 11.6 Å². The molecule has 1 aromatic rings. The second-order valence-electron chi connectivity index (χ2n) is 4.65. The summed E-state index contributed by atoms with van der Waals surface area (Å²) in [5.41, 5.74) is 5.33. The number of anilines is 2. The quantitative estimate of drug-likeness (QED) is 0.716. The van der Waals surface area contributed by atoms with Gasteiger partial charge in [0.25, 0.3) is 0 Å². The smallest absolute Gasteiger partial charge is 0.236 e. The van der Waals surface area contributed by atoms with Crippen molar-refractivity contribution >= 4 is 17.5 Å². The second kappa shape index (κ2) is 8.35. The van der Waals surface area contributed by atoms with E-state index in [0.29, 0.717) is 0 Å². The molecule has 1 aromatic heterocycles. The summed E-state index contributed by atoms with van der Waals surface area (Å²) in [7, 11) is 0. The van der Waals surface area contributed by atoms with Crippen LogP contribution in [0.25, 0.3) is 0 Å². The maximum atomic E-state index is 11.2. The fourth-order valence-corrected chi connectivity index (χ4v) is 1.89. The standard InChI is InChI=1S/C14H25N5O/c1-4-7-8-19(10-11(15)20)14-9-13(16-6-3)17-12(5-2)18-14/h9H,4-8,10H2,1-3H3,(H2,15,20)(H,16,17,18). The van der Waals surface area contributed by atoms with Gasteiger partial charge in [-0.15, -0.1) is 0 Å². The summed E-state index contributed by atoms with van der Waals surface area (Å²) in [4.78, 5) is 22.1. The zero-order valence-electron chi connectivity index (χ0n) is 12.6. The molecule has 0 unspecified atom stereocenters. The summed E-state index contributed by atoms with van der Waals surface area (Å²) >= 11 is 0. The summed E-state index contributed by atoms with van der Waals surface area (Å²) in [6, 6.07) is 1.88. The van der Waals surface area contributed by atoms with E-state index < -0.39 is 0 Å². The van der Waals surface area contributed by atoms with Crippen molar-refractivity contribution in [3.8, 4) is 0 Å². The Hall–Kier alpha value is -1.85. The number of aromatic nitrogens is 2. The number of hydrogen-bond acceptors (Lipinski definition) is 5. The fraction of sp³-hybridized carbons (Fsp3) is 0.643. The van der Waals surface area contributed by atoms with Gasteiger partial charge in [-0.05, 0) is 13.3 Å². The number of hydrogen-bond donors (Lipinski definition) is 2. The molecule has 1 rings (SSSR count). The van der Waals surface area contributed by atoms with Gasteiger partial charge >= 0.3 is 0 Å². The van der Waals surface area contributed by atoms with Crippen LogP contribution < -0.4 is 16.0 Å². The largest absolute Gasteiger partial charge is 0.370 e. The predicted molar refractivity (Wildman–Crippen MR) is 81.9 cm³/mol. The number of nitrogens with two attached hydrogens (primary N) is 1. The minimum Gasteiger partial charge on any atom is -0.370 e. The number of rotatable bonds is 9. The molecule has 0 spiro atoms. The van der Waals surface area contributed by atoms with Gasteiger partial charge in [0.05, 0.1) is 6.54 Å². The minimum atomic E-state index is -0.345. The van der Waals surface area contributed by atoms with Crippen LogP contribution >= 0.6 is 0 Å². The van der Waals surface area contributed by atoms with E-state index in [2.05, 4.69) is 22.2 Å². The van der Waals surface area contributed by atoms with Gasteiger partial charge in [0.2, 0.25) is 5.91 Å². The van der Waals surface area contributed by atoms with Crippen LogP contribution in [0.15, 0.2) is 6.07 Å². The Balaban J connectivity index is 3.02. The number of nitrogens with one attached hydrogen (secondary N) is 1. The van der Waals surface area contributed by atoms with Gasteiger partial charge in [-0.1, -0.05) is 20.3 Å². The monoisotopic (exact) mass is 279 g/mol.